The van der Waals surface area contributed by atoms with Crippen molar-refractivity contribution in [2.24, 2.45) is 0 Å². The maximum atomic E-state index is 15.3. The van der Waals surface area contributed by atoms with Crippen molar-refractivity contribution in [1.82, 2.24) is 14.5 Å². The molecule has 2 fully saturated rings. The highest BCUT2D eigenvalue weighted by molar-refractivity contribution is 6.38. The van der Waals surface area contributed by atoms with Crippen LogP contribution in [0.5, 0.6) is 0 Å². The van der Waals surface area contributed by atoms with Gasteiger partial charge in [-0.2, -0.15) is 5.26 Å². The van der Waals surface area contributed by atoms with Crippen LogP contribution in [0.25, 0.3) is 10.9 Å². The molecular weight excluding hydrogens is 636 g/mol. The van der Waals surface area contributed by atoms with E-state index in [-0.39, 0.29) is 34.3 Å². The number of rotatable bonds is 3. The molecule has 1 spiro atoms. The molecule has 0 radical (unpaired) electrons. The van der Waals surface area contributed by atoms with Gasteiger partial charge in [0.25, 0.3) is 5.56 Å². The highest BCUT2D eigenvalue weighted by Gasteiger charge is 2.45. The average molecular weight is 672 g/mol. The number of piperidine rings is 1. The van der Waals surface area contributed by atoms with Gasteiger partial charge in [-0.3, -0.25) is 9.36 Å². The molecule has 3 heterocycles. The fourth-order valence-electron chi connectivity index (χ4n) is 5.86. The third-order valence-corrected chi connectivity index (χ3v) is 8.39. The van der Waals surface area contributed by atoms with Crippen molar-refractivity contribution >= 4 is 46.1 Å². The Morgan fingerprint density at radius 3 is 2.32 bits per heavy atom. The SMILES string of the molecule is CC(C)(C)OC(=O)N1CCC2(CC1)C[C@@H](n1cnc3ccc(N(C(=O)OC(C)(C)C)c4c(F)ccc(F)c4C#N)c(Cl)c3c1=O)CO2. The summed E-state index contributed by atoms with van der Waals surface area (Å²) < 4.78 is 48.7. The number of carbonyl (C=O) groups excluding carboxylic acids is 2. The number of benzene rings is 2. The van der Waals surface area contributed by atoms with Gasteiger partial charge >= 0.3 is 12.2 Å². The van der Waals surface area contributed by atoms with E-state index in [0.717, 1.165) is 12.1 Å². The highest BCUT2D eigenvalue weighted by atomic mass is 35.5. The predicted octanol–water partition coefficient (Wildman–Crippen LogP) is 7.00. The normalized spacial score (nSPS) is 17.9. The van der Waals surface area contributed by atoms with Crippen LogP contribution in [0.3, 0.4) is 0 Å². The molecule has 0 saturated carbocycles. The Morgan fingerprint density at radius 1 is 1.06 bits per heavy atom. The lowest BCUT2D eigenvalue weighted by atomic mass is 9.87. The van der Waals surface area contributed by atoms with Crippen LogP contribution >= 0.6 is 11.6 Å². The van der Waals surface area contributed by atoms with Gasteiger partial charge in [-0.05, 0) is 85.1 Å². The number of hydrogen-bond acceptors (Lipinski definition) is 8. The summed E-state index contributed by atoms with van der Waals surface area (Å²) in [6, 6.07) is 5.48. The van der Waals surface area contributed by atoms with Gasteiger partial charge in [0, 0.05) is 13.1 Å². The second-order valence-electron chi connectivity index (χ2n) is 13.7. The Hall–Kier alpha value is -4.28. The van der Waals surface area contributed by atoms with Crippen LogP contribution in [0.1, 0.15) is 72.4 Å². The number of amides is 2. The van der Waals surface area contributed by atoms with Gasteiger partial charge < -0.3 is 19.1 Å². The lowest BCUT2D eigenvalue weighted by Gasteiger charge is -2.39. The van der Waals surface area contributed by atoms with Crippen molar-refractivity contribution in [3.8, 4) is 6.07 Å². The van der Waals surface area contributed by atoms with Crippen LogP contribution in [0.2, 0.25) is 5.02 Å². The smallest absolute Gasteiger partial charge is 0.419 e. The van der Waals surface area contributed by atoms with Gasteiger partial charge in [0.2, 0.25) is 0 Å². The summed E-state index contributed by atoms with van der Waals surface area (Å²) in [5, 5.41) is 9.35. The maximum Gasteiger partial charge on any atom is 0.419 e. The zero-order valence-corrected chi connectivity index (χ0v) is 27.8. The Kier molecular flexibility index (Phi) is 8.98. The third kappa shape index (κ3) is 6.89. The molecule has 250 valence electrons. The first kappa shape index (κ1) is 34.1. The van der Waals surface area contributed by atoms with Crippen molar-refractivity contribution in [3.05, 3.63) is 63.2 Å². The molecule has 2 saturated heterocycles. The Morgan fingerprint density at radius 2 is 1.70 bits per heavy atom. The van der Waals surface area contributed by atoms with E-state index in [1.54, 1.807) is 31.7 Å². The second-order valence-corrected chi connectivity index (χ2v) is 14.1. The second kappa shape index (κ2) is 12.4. The fourth-order valence-corrected chi connectivity index (χ4v) is 6.18. The van der Waals surface area contributed by atoms with E-state index < -0.39 is 57.4 Å². The molecule has 0 N–H and O–H groups in total. The maximum absolute atomic E-state index is 15.3. The molecule has 0 bridgehead atoms. The number of ether oxygens (including phenoxy) is 3. The molecule has 1 aromatic heterocycles. The molecular formula is C33H36ClF2N5O6. The molecule has 1 atom stereocenters. The van der Waals surface area contributed by atoms with E-state index in [1.807, 2.05) is 20.8 Å². The average Bonchev–Trinajstić information content (AvgIpc) is 3.37. The zero-order valence-electron chi connectivity index (χ0n) is 27.0. The van der Waals surface area contributed by atoms with E-state index in [4.69, 9.17) is 25.8 Å². The van der Waals surface area contributed by atoms with Gasteiger partial charge in [0.15, 0.2) is 0 Å². The minimum atomic E-state index is -1.15. The number of fused-ring (bicyclic) bond motifs is 1. The molecule has 0 unspecified atom stereocenters. The van der Waals surface area contributed by atoms with Gasteiger partial charge in [-0.1, -0.05) is 11.6 Å². The number of anilines is 2. The summed E-state index contributed by atoms with van der Waals surface area (Å²) in [6.45, 7) is 11.3. The van der Waals surface area contributed by atoms with Crippen LogP contribution in [-0.4, -0.2) is 63.1 Å². The van der Waals surface area contributed by atoms with Crippen LogP contribution in [-0.2, 0) is 14.2 Å². The van der Waals surface area contributed by atoms with E-state index in [0.29, 0.717) is 37.3 Å². The lowest BCUT2D eigenvalue weighted by molar-refractivity contribution is -0.0486. The molecule has 5 rings (SSSR count). The standard InChI is InChI=1S/C33H36ClF2N5O6/c1-31(2,3)46-29(43)39-13-11-33(12-14-39)15-19(17-45-33)40-18-38-23-9-10-24(26(34)25(23)28(40)42)41(30(44)47-32(4,5)6)27-20(16-37)21(35)7-8-22(27)36/h7-10,18-19H,11-15,17H2,1-6H3/t19-/m1/s1. The molecule has 2 aliphatic heterocycles. The summed E-state index contributed by atoms with van der Waals surface area (Å²) in [5.74, 6) is -2.15. The van der Waals surface area contributed by atoms with Gasteiger partial charge in [-0.15, -0.1) is 0 Å². The molecule has 2 aromatic carbocycles. The predicted molar refractivity (Wildman–Crippen MR) is 170 cm³/mol. The van der Waals surface area contributed by atoms with Crippen LogP contribution in [0, 0.1) is 23.0 Å². The van der Waals surface area contributed by atoms with Crippen molar-refractivity contribution in [2.45, 2.75) is 83.6 Å². The van der Waals surface area contributed by atoms with Crippen LogP contribution < -0.4 is 10.5 Å². The Labute approximate surface area is 275 Å². The summed E-state index contributed by atoms with van der Waals surface area (Å²) in [6.07, 6.45) is 1.44. The minimum absolute atomic E-state index is 0.0729. The molecule has 3 aromatic rings. The molecule has 2 amide bonds. The highest BCUT2D eigenvalue weighted by Crippen LogP contribution is 2.42. The van der Waals surface area contributed by atoms with E-state index in [1.165, 1.54) is 23.0 Å². The first-order chi connectivity index (χ1) is 21.9. The number of nitriles is 1. The minimum Gasteiger partial charge on any atom is -0.444 e. The largest absolute Gasteiger partial charge is 0.444 e. The number of carbonyl (C=O) groups is 2. The zero-order chi connectivity index (χ0) is 34.5. The van der Waals surface area contributed by atoms with Crippen molar-refractivity contribution < 1.29 is 32.6 Å². The number of nitrogens with zero attached hydrogens (tertiary/aromatic N) is 5. The van der Waals surface area contributed by atoms with Crippen molar-refractivity contribution in [1.29, 1.82) is 5.26 Å². The lowest BCUT2D eigenvalue weighted by Crippen LogP contribution is -2.48. The summed E-state index contributed by atoms with van der Waals surface area (Å²) in [7, 11) is 0. The summed E-state index contributed by atoms with van der Waals surface area (Å²) in [4.78, 5) is 46.9. The van der Waals surface area contributed by atoms with Gasteiger partial charge in [0.05, 0.1) is 46.2 Å². The van der Waals surface area contributed by atoms with Gasteiger partial charge in [-0.25, -0.2) is 28.3 Å². The summed E-state index contributed by atoms with van der Waals surface area (Å²) in [5.41, 5.74) is -4.24. The molecule has 47 heavy (non-hydrogen) atoms. The Bertz CT molecular complexity index is 1840. The number of halogens is 3. The number of aromatic nitrogens is 2. The molecule has 2 aliphatic rings. The van der Waals surface area contributed by atoms with E-state index >= 15 is 4.39 Å². The summed E-state index contributed by atoms with van der Waals surface area (Å²) >= 11 is 6.82. The number of hydrogen-bond donors (Lipinski definition) is 0. The van der Waals surface area contributed by atoms with Crippen LogP contribution in [0.4, 0.5) is 29.7 Å². The van der Waals surface area contributed by atoms with E-state index in [2.05, 4.69) is 4.98 Å². The van der Waals surface area contributed by atoms with Gasteiger partial charge in [0.1, 0.15) is 40.2 Å². The van der Waals surface area contributed by atoms with Crippen molar-refractivity contribution in [3.63, 3.8) is 0 Å². The quantitative estimate of drug-likeness (QED) is 0.291. The van der Waals surface area contributed by atoms with Crippen LogP contribution in [0.15, 0.2) is 35.4 Å². The number of likely N-dealkylation sites (tertiary alicyclic amines) is 1. The first-order valence-electron chi connectivity index (χ1n) is 15.2. The topological polar surface area (TPSA) is 127 Å². The fraction of sp³-hybridized carbons (Fsp3) is 0.485. The molecule has 14 heteroatoms. The monoisotopic (exact) mass is 671 g/mol. The van der Waals surface area contributed by atoms with E-state index in [9.17, 15) is 24.0 Å². The Balaban J connectivity index is 1.51. The van der Waals surface area contributed by atoms with Crippen molar-refractivity contribution in [2.75, 3.05) is 24.6 Å². The first-order valence-corrected chi connectivity index (χ1v) is 15.5. The molecule has 0 aliphatic carbocycles. The third-order valence-electron chi connectivity index (χ3n) is 8.01. The molecule has 11 nitrogen and oxygen atoms in total.